The lowest BCUT2D eigenvalue weighted by Crippen LogP contribution is -2.24. The number of nitrogens with two attached hydrogens (primary N) is 1. The molecule has 2 aromatic carbocycles. The van der Waals surface area contributed by atoms with Crippen molar-refractivity contribution >= 4 is 23.4 Å². The number of primary amides is 1. The Morgan fingerprint density at radius 2 is 1.87 bits per heavy atom. The number of aromatic nitrogens is 3. The van der Waals surface area contributed by atoms with Gasteiger partial charge in [-0.25, -0.2) is 18.3 Å². The Balaban J connectivity index is 0.000000187. The number of hydrogen-bond acceptors (Lipinski definition) is 5. The Morgan fingerprint density at radius 1 is 1.13 bits per heavy atom. The van der Waals surface area contributed by atoms with Gasteiger partial charge in [0.1, 0.15) is 10.7 Å². The van der Waals surface area contributed by atoms with Crippen LogP contribution in [0.15, 0.2) is 73.1 Å². The Morgan fingerprint density at radius 3 is 2.54 bits per heavy atom. The minimum atomic E-state index is -0.775. The van der Waals surface area contributed by atoms with Crippen LogP contribution in [0.3, 0.4) is 0 Å². The lowest BCUT2D eigenvalue weighted by molar-refractivity contribution is 0.160. The molecule has 5 rings (SSSR count). The molecule has 0 saturated carbocycles. The first-order valence-corrected chi connectivity index (χ1v) is 12.7. The molecule has 2 amide bonds. The summed E-state index contributed by atoms with van der Waals surface area (Å²) in [5.41, 5.74) is 8.21. The summed E-state index contributed by atoms with van der Waals surface area (Å²) >= 11 is 6.38. The Kier molecular flexibility index (Phi) is 9.59. The number of nitrogens with one attached hydrogen (secondary N) is 1. The molecule has 3 heterocycles. The number of para-hydroxylation sites is 1. The SMILES string of the molecule is COCCN1CCC(c2ccc(F)c(F)c2)C1.NC(=O)Nc1c(Cl)c(-c2ccncc2)nn1-c1ccccc1. The van der Waals surface area contributed by atoms with E-state index in [4.69, 9.17) is 22.1 Å². The van der Waals surface area contributed by atoms with Crippen LogP contribution in [0.25, 0.3) is 16.9 Å². The van der Waals surface area contributed by atoms with Gasteiger partial charge in [0.2, 0.25) is 0 Å². The highest BCUT2D eigenvalue weighted by atomic mass is 35.5. The van der Waals surface area contributed by atoms with E-state index >= 15 is 0 Å². The number of ether oxygens (including phenoxy) is 1. The van der Waals surface area contributed by atoms with Gasteiger partial charge < -0.3 is 15.4 Å². The fourth-order valence-electron chi connectivity index (χ4n) is 4.37. The molecule has 3 N–H and O–H groups in total. The highest BCUT2D eigenvalue weighted by molar-refractivity contribution is 6.36. The highest BCUT2D eigenvalue weighted by Crippen LogP contribution is 2.35. The number of amides is 2. The van der Waals surface area contributed by atoms with Crippen LogP contribution in [0.5, 0.6) is 0 Å². The maximum atomic E-state index is 13.1. The van der Waals surface area contributed by atoms with E-state index in [1.54, 1.807) is 42.4 Å². The van der Waals surface area contributed by atoms with Crippen LogP contribution in [0.4, 0.5) is 19.4 Å². The van der Waals surface area contributed by atoms with Gasteiger partial charge in [0.05, 0.1) is 12.3 Å². The number of carbonyl (C=O) groups is 1. The lowest BCUT2D eigenvalue weighted by atomic mass is 9.98. The number of rotatable bonds is 7. The average molecular weight is 555 g/mol. The summed E-state index contributed by atoms with van der Waals surface area (Å²) in [4.78, 5) is 17.5. The highest BCUT2D eigenvalue weighted by Gasteiger charge is 2.24. The van der Waals surface area contributed by atoms with E-state index in [9.17, 15) is 13.6 Å². The number of halogens is 3. The standard InChI is InChI=1S/C15H12ClN5O.C13H17F2NO/c16-12-13(10-6-8-18-9-7-10)20-21(14(12)19-15(17)22)11-4-2-1-3-5-11;1-17-7-6-16-5-4-11(9-16)10-2-3-12(14)13(15)8-10/h1-9H,(H3,17,19,22);2-3,8,11H,4-7,9H2,1H3. The topological polar surface area (TPSA) is 98.3 Å². The van der Waals surface area contributed by atoms with Crippen molar-refractivity contribution in [1.82, 2.24) is 19.7 Å². The molecule has 4 aromatic rings. The van der Waals surface area contributed by atoms with E-state index < -0.39 is 17.7 Å². The Hall–Kier alpha value is -3.86. The van der Waals surface area contributed by atoms with Crippen LogP contribution in [0, 0.1) is 11.6 Å². The second kappa shape index (κ2) is 13.3. The summed E-state index contributed by atoms with van der Waals surface area (Å²) in [7, 11) is 1.68. The van der Waals surface area contributed by atoms with Crippen LogP contribution >= 0.6 is 11.6 Å². The summed E-state index contributed by atoms with van der Waals surface area (Å²) in [5.74, 6) is -0.894. The average Bonchev–Trinajstić information content (AvgIpc) is 3.55. The lowest BCUT2D eigenvalue weighted by Gasteiger charge is -2.15. The molecule has 0 aliphatic carbocycles. The van der Waals surface area contributed by atoms with E-state index in [-0.39, 0.29) is 0 Å². The van der Waals surface area contributed by atoms with Gasteiger partial charge in [0.15, 0.2) is 17.5 Å². The first-order chi connectivity index (χ1) is 18.9. The van der Waals surface area contributed by atoms with E-state index in [1.807, 2.05) is 30.3 Å². The molecule has 1 unspecified atom stereocenters. The van der Waals surface area contributed by atoms with E-state index in [0.29, 0.717) is 29.1 Å². The third kappa shape index (κ3) is 7.17. The van der Waals surface area contributed by atoms with Crippen molar-refractivity contribution in [3.8, 4) is 16.9 Å². The van der Waals surface area contributed by atoms with Gasteiger partial charge in [0.25, 0.3) is 0 Å². The van der Waals surface area contributed by atoms with E-state index in [1.165, 1.54) is 12.1 Å². The van der Waals surface area contributed by atoms with Crippen LogP contribution in [-0.2, 0) is 4.74 Å². The van der Waals surface area contributed by atoms with Crippen LogP contribution in [-0.4, -0.2) is 59.0 Å². The van der Waals surface area contributed by atoms with Crippen molar-refractivity contribution in [2.75, 3.05) is 38.7 Å². The molecule has 1 fully saturated rings. The minimum Gasteiger partial charge on any atom is -0.383 e. The number of pyridine rings is 1. The summed E-state index contributed by atoms with van der Waals surface area (Å²) < 4.78 is 32.5. The third-order valence-electron chi connectivity index (χ3n) is 6.32. The smallest absolute Gasteiger partial charge is 0.317 e. The normalized spacial score (nSPS) is 15.0. The quantitative estimate of drug-likeness (QED) is 0.315. The van der Waals surface area contributed by atoms with Crippen LogP contribution in [0.2, 0.25) is 5.02 Å². The molecule has 8 nitrogen and oxygen atoms in total. The fraction of sp³-hybridized carbons (Fsp3) is 0.250. The van der Waals surface area contributed by atoms with Gasteiger partial charge >= 0.3 is 6.03 Å². The number of methoxy groups -OCH3 is 1. The predicted molar refractivity (Wildman–Crippen MR) is 147 cm³/mol. The van der Waals surface area contributed by atoms with Crippen molar-refractivity contribution in [3.05, 3.63) is 95.3 Å². The maximum absolute atomic E-state index is 13.1. The number of anilines is 1. The van der Waals surface area contributed by atoms with Gasteiger partial charge in [0, 0.05) is 38.2 Å². The molecule has 11 heteroatoms. The largest absolute Gasteiger partial charge is 0.383 e. The van der Waals surface area contributed by atoms with Crippen molar-refractivity contribution in [2.24, 2.45) is 5.73 Å². The van der Waals surface area contributed by atoms with Crippen molar-refractivity contribution in [3.63, 3.8) is 0 Å². The Bertz CT molecular complexity index is 1390. The first kappa shape index (κ1) is 28.2. The molecule has 39 heavy (non-hydrogen) atoms. The zero-order valence-electron chi connectivity index (χ0n) is 21.4. The second-order valence-electron chi connectivity index (χ2n) is 8.94. The van der Waals surface area contributed by atoms with Gasteiger partial charge in [-0.3, -0.25) is 10.3 Å². The number of likely N-dealkylation sites (tertiary alicyclic amines) is 1. The van der Waals surface area contributed by atoms with Crippen molar-refractivity contribution < 1.29 is 18.3 Å². The summed E-state index contributed by atoms with van der Waals surface area (Å²) in [5, 5.41) is 7.33. The van der Waals surface area contributed by atoms with Gasteiger partial charge in [-0.15, -0.1) is 0 Å². The fourth-order valence-corrected chi connectivity index (χ4v) is 4.64. The monoisotopic (exact) mass is 554 g/mol. The molecule has 1 aliphatic heterocycles. The van der Waals surface area contributed by atoms with Gasteiger partial charge in [-0.2, -0.15) is 5.10 Å². The minimum absolute atomic E-state index is 0.307. The van der Waals surface area contributed by atoms with E-state index in [0.717, 1.165) is 42.9 Å². The maximum Gasteiger partial charge on any atom is 0.317 e. The van der Waals surface area contributed by atoms with Crippen LogP contribution in [0.1, 0.15) is 17.9 Å². The van der Waals surface area contributed by atoms with Gasteiger partial charge in [-0.1, -0.05) is 35.9 Å². The summed E-state index contributed by atoms with van der Waals surface area (Å²) in [6, 6.07) is 16.4. The molecule has 0 bridgehead atoms. The number of nitrogens with zero attached hydrogens (tertiary/aromatic N) is 4. The molecule has 1 aliphatic rings. The molecule has 1 saturated heterocycles. The number of urea groups is 1. The zero-order chi connectivity index (χ0) is 27.8. The first-order valence-electron chi connectivity index (χ1n) is 12.3. The Labute approximate surface area is 230 Å². The molecule has 2 aromatic heterocycles. The molecule has 204 valence electrons. The number of hydrogen-bond donors (Lipinski definition) is 2. The van der Waals surface area contributed by atoms with Crippen LogP contribution < -0.4 is 11.1 Å². The van der Waals surface area contributed by atoms with Gasteiger partial charge in [-0.05, 0) is 60.8 Å². The summed E-state index contributed by atoms with van der Waals surface area (Å²) in [6.45, 7) is 3.50. The number of carbonyl (C=O) groups excluding carboxylic acids is 1. The molecule has 0 radical (unpaired) electrons. The number of benzene rings is 2. The second-order valence-corrected chi connectivity index (χ2v) is 9.31. The molecule has 1 atom stereocenters. The third-order valence-corrected chi connectivity index (χ3v) is 6.68. The molecular formula is C28H29ClF2N6O2. The molecule has 0 spiro atoms. The van der Waals surface area contributed by atoms with Crippen molar-refractivity contribution in [1.29, 1.82) is 0 Å². The predicted octanol–water partition coefficient (Wildman–Crippen LogP) is 5.48. The summed E-state index contributed by atoms with van der Waals surface area (Å²) in [6.07, 6.45) is 4.29. The van der Waals surface area contributed by atoms with E-state index in [2.05, 4.69) is 20.3 Å². The van der Waals surface area contributed by atoms with Crippen molar-refractivity contribution in [2.45, 2.75) is 12.3 Å². The molecular weight excluding hydrogens is 526 g/mol. The zero-order valence-corrected chi connectivity index (χ0v) is 22.1.